The molecule has 2 atom stereocenters. The molecule has 0 fully saturated rings. The van der Waals surface area contributed by atoms with Crippen molar-refractivity contribution < 1.29 is 9.47 Å². The van der Waals surface area contributed by atoms with Gasteiger partial charge in [0.05, 0.1) is 31.1 Å². The van der Waals surface area contributed by atoms with Gasteiger partial charge in [-0.1, -0.05) is 0 Å². The van der Waals surface area contributed by atoms with Crippen LogP contribution in [0.5, 0.6) is 5.75 Å². The SMILES string of the molecule is COc1cnn(C(C)C)c1C(CCC(C)OC)NN. The fourth-order valence-corrected chi connectivity index (χ4v) is 2.07. The zero-order chi connectivity index (χ0) is 14.4. The number of hydrazine groups is 1. The van der Waals surface area contributed by atoms with Crippen molar-refractivity contribution in [3.05, 3.63) is 11.9 Å². The molecule has 1 rings (SSSR count). The van der Waals surface area contributed by atoms with Crippen LogP contribution < -0.4 is 16.0 Å². The predicted molar refractivity (Wildman–Crippen MR) is 74.9 cm³/mol. The Morgan fingerprint density at radius 2 is 2.00 bits per heavy atom. The van der Waals surface area contributed by atoms with Crippen LogP contribution in [-0.2, 0) is 4.74 Å². The maximum atomic E-state index is 5.70. The van der Waals surface area contributed by atoms with Gasteiger partial charge in [0, 0.05) is 13.2 Å². The third-order valence-electron chi connectivity index (χ3n) is 3.30. The fraction of sp³-hybridized carbons (Fsp3) is 0.769. The highest BCUT2D eigenvalue weighted by Crippen LogP contribution is 2.30. The molecule has 0 spiro atoms. The molecule has 6 heteroatoms. The molecule has 0 aliphatic heterocycles. The third kappa shape index (κ3) is 3.92. The number of nitrogens with two attached hydrogens (primary N) is 1. The molecule has 1 aromatic heterocycles. The van der Waals surface area contributed by atoms with Gasteiger partial charge in [-0.2, -0.15) is 5.10 Å². The summed E-state index contributed by atoms with van der Waals surface area (Å²) in [6.07, 6.45) is 3.72. The van der Waals surface area contributed by atoms with Crippen LogP contribution in [0.25, 0.3) is 0 Å². The van der Waals surface area contributed by atoms with E-state index in [4.69, 9.17) is 15.3 Å². The van der Waals surface area contributed by atoms with E-state index in [1.807, 2.05) is 11.6 Å². The minimum atomic E-state index is -0.00236. The molecule has 0 saturated heterocycles. The van der Waals surface area contributed by atoms with Gasteiger partial charge in [0.2, 0.25) is 0 Å². The second-order valence-electron chi connectivity index (χ2n) is 4.98. The second-order valence-corrected chi connectivity index (χ2v) is 4.98. The molecule has 6 nitrogen and oxygen atoms in total. The Morgan fingerprint density at radius 3 is 2.47 bits per heavy atom. The van der Waals surface area contributed by atoms with E-state index in [2.05, 4.69) is 24.4 Å². The van der Waals surface area contributed by atoms with Crippen LogP contribution in [0.3, 0.4) is 0 Å². The first-order chi connectivity index (χ1) is 9.04. The van der Waals surface area contributed by atoms with Gasteiger partial charge in [0.1, 0.15) is 0 Å². The number of hydrogen-bond acceptors (Lipinski definition) is 5. The van der Waals surface area contributed by atoms with Crippen molar-refractivity contribution in [2.24, 2.45) is 5.84 Å². The molecular formula is C13H26N4O2. The average molecular weight is 270 g/mol. The van der Waals surface area contributed by atoms with E-state index in [1.54, 1.807) is 20.4 Å². The molecular weight excluding hydrogens is 244 g/mol. The van der Waals surface area contributed by atoms with E-state index in [0.29, 0.717) is 0 Å². The van der Waals surface area contributed by atoms with Crippen LogP contribution in [0, 0.1) is 0 Å². The number of aromatic nitrogens is 2. The lowest BCUT2D eigenvalue weighted by atomic mass is 10.1. The van der Waals surface area contributed by atoms with Gasteiger partial charge in [-0.3, -0.25) is 16.0 Å². The molecule has 3 N–H and O–H groups in total. The Balaban J connectivity index is 2.92. The lowest BCUT2D eigenvalue weighted by Crippen LogP contribution is -2.31. The molecule has 110 valence electrons. The smallest absolute Gasteiger partial charge is 0.161 e. The Hall–Kier alpha value is -1.11. The standard InChI is InChI=1S/C13H26N4O2/c1-9(2)17-13(12(19-5)8-15-17)11(16-14)7-6-10(3)18-4/h8-11,16H,6-7,14H2,1-5H3. The van der Waals surface area contributed by atoms with E-state index in [-0.39, 0.29) is 18.2 Å². The normalized spacial score (nSPS) is 14.7. The van der Waals surface area contributed by atoms with Gasteiger partial charge < -0.3 is 9.47 Å². The van der Waals surface area contributed by atoms with Crippen molar-refractivity contribution in [3.63, 3.8) is 0 Å². The average Bonchev–Trinajstić information content (AvgIpc) is 2.83. The second kappa shape index (κ2) is 7.47. The summed E-state index contributed by atoms with van der Waals surface area (Å²) < 4.78 is 12.6. The minimum Gasteiger partial charge on any atom is -0.493 e. The summed E-state index contributed by atoms with van der Waals surface area (Å²) in [5, 5.41) is 4.37. The Bertz CT molecular complexity index is 379. The summed E-state index contributed by atoms with van der Waals surface area (Å²) in [5.41, 5.74) is 3.85. The van der Waals surface area contributed by atoms with Crippen LogP contribution in [-0.4, -0.2) is 30.1 Å². The van der Waals surface area contributed by atoms with Crippen molar-refractivity contribution in [1.29, 1.82) is 0 Å². The number of nitrogens with zero attached hydrogens (tertiary/aromatic N) is 2. The summed E-state index contributed by atoms with van der Waals surface area (Å²) >= 11 is 0. The molecule has 2 unspecified atom stereocenters. The lowest BCUT2D eigenvalue weighted by Gasteiger charge is -2.21. The Labute approximate surface area is 115 Å². The number of hydrogen-bond donors (Lipinski definition) is 2. The van der Waals surface area contributed by atoms with E-state index in [9.17, 15) is 0 Å². The van der Waals surface area contributed by atoms with Crippen molar-refractivity contribution in [2.75, 3.05) is 14.2 Å². The summed E-state index contributed by atoms with van der Waals surface area (Å²) in [7, 11) is 3.37. The third-order valence-corrected chi connectivity index (χ3v) is 3.30. The van der Waals surface area contributed by atoms with Crippen LogP contribution in [0.1, 0.15) is 51.4 Å². The topological polar surface area (TPSA) is 74.3 Å². The highest BCUT2D eigenvalue weighted by Gasteiger charge is 2.22. The van der Waals surface area contributed by atoms with Crippen molar-refractivity contribution in [2.45, 2.75) is 51.8 Å². The summed E-state index contributed by atoms with van der Waals surface area (Å²) in [6, 6.07) is 0.257. The van der Waals surface area contributed by atoms with Crippen LogP contribution >= 0.6 is 0 Å². The maximum absolute atomic E-state index is 5.70. The molecule has 0 saturated carbocycles. The maximum Gasteiger partial charge on any atom is 0.161 e. The predicted octanol–water partition coefficient (Wildman–Crippen LogP) is 1.79. The van der Waals surface area contributed by atoms with Gasteiger partial charge in [0.25, 0.3) is 0 Å². The zero-order valence-corrected chi connectivity index (χ0v) is 12.5. The molecule has 0 amide bonds. The number of rotatable bonds is 8. The van der Waals surface area contributed by atoms with Crippen LogP contribution in [0.4, 0.5) is 0 Å². The first-order valence-electron chi connectivity index (χ1n) is 6.65. The summed E-state index contributed by atoms with van der Waals surface area (Å²) in [6.45, 7) is 6.22. The summed E-state index contributed by atoms with van der Waals surface area (Å²) in [5.74, 6) is 6.46. The Kier molecular flexibility index (Phi) is 6.27. The zero-order valence-electron chi connectivity index (χ0n) is 12.5. The highest BCUT2D eigenvalue weighted by molar-refractivity contribution is 5.28. The molecule has 0 radical (unpaired) electrons. The molecule has 0 aliphatic carbocycles. The highest BCUT2D eigenvalue weighted by atomic mass is 16.5. The number of nitrogens with one attached hydrogen (secondary N) is 1. The lowest BCUT2D eigenvalue weighted by molar-refractivity contribution is 0.105. The van der Waals surface area contributed by atoms with Crippen LogP contribution in [0.2, 0.25) is 0 Å². The number of ether oxygens (including phenoxy) is 2. The van der Waals surface area contributed by atoms with E-state index in [1.165, 1.54) is 0 Å². The molecule has 0 aromatic carbocycles. The molecule has 19 heavy (non-hydrogen) atoms. The van der Waals surface area contributed by atoms with Gasteiger partial charge in [0.15, 0.2) is 5.75 Å². The minimum absolute atomic E-state index is 0.00236. The fourth-order valence-electron chi connectivity index (χ4n) is 2.07. The largest absolute Gasteiger partial charge is 0.493 e. The summed E-state index contributed by atoms with van der Waals surface area (Å²) in [4.78, 5) is 0. The van der Waals surface area contributed by atoms with E-state index < -0.39 is 0 Å². The quantitative estimate of drug-likeness (QED) is 0.556. The van der Waals surface area contributed by atoms with E-state index in [0.717, 1.165) is 24.3 Å². The molecule has 0 bridgehead atoms. The van der Waals surface area contributed by atoms with Gasteiger partial charge >= 0.3 is 0 Å². The van der Waals surface area contributed by atoms with Crippen molar-refractivity contribution in [3.8, 4) is 5.75 Å². The molecule has 0 aliphatic rings. The Morgan fingerprint density at radius 1 is 1.32 bits per heavy atom. The van der Waals surface area contributed by atoms with Crippen molar-refractivity contribution >= 4 is 0 Å². The number of methoxy groups -OCH3 is 2. The van der Waals surface area contributed by atoms with Gasteiger partial charge in [-0.05, 0) is 33.6 Å². The van der Waals surface area contributed by atoms with E-state index >= 15 is 0 Å². The first kappa shape index (κ1) is 15.9. The first-order valence-corrected chi connectivity index (χ1v) is 6.65. The van der Waals surface area contributed by atoms with Gasteiger partial charge in [-0.15, -0.1) is 0 Å². The molecule has 1 heterocycles. The van der Waals surface area contributed by atoms with Gasteiger partial charge in [-0.25, -0.2) is 0 Å². The monoisotopic (exact) mass is 270 g/mol. The van der Waals surface area contributed by atoms with Crippen LogP contribution in [0.15, 0.2) is 6.20 Å². The molecule has 1 aromatic rings. The van der Waals surface area contributed by atoms with Crippen molar-refractivity contribution in [1.82, 2.24) is 15.2 Å².